The summed E-state index contributed by atoms with van der Waals surface area (Å²) < 4.78 is 37.9. The number of carboxylic acids is 1. The van der Waals surface area contributed by atoms with Crippen molar-refractivity contribution in [2.75, 3.05) is 13.7 Å². The molecule has 122 valence electrons. The summed E-state index contributed by atoms with van der Waals surface area (Å²) in [5.74, 6) is -5.35. The van der Waals surface area contributed by atoms with Gasteiger partial charge in [-0.15, -0.1) is 0 Å². The summed E-state index contributed by atoms with van der Waals surface area (Å²) in [5, 5.41) is 8.83. The van der Waals surface area contributed by atoms with E-state index in [2.05, 4.69) is 0 Å². The van der Waals surface area contributed by atoms with Crippen molar-refractivity contribution < 1.29 is 57.7 Å². The Morgan fingerprint density at radius 2 is 1.95 bits per heavy atom. The van der Waals surface area contributed by atoms with Gasteiger partial charge in [0.1, 0.15) is 0 Å². The number of carbonyl (C=O) groups is 2. The Morgan fingerprint density at radius 3 is 2.41 bits per heavy atom. The molecule has 0 bridgehead atoms. The Bertz CT molecular complexity index is 609. The van der Waals surface area contributed by atoms with Gasteiger partial charge in [-0.25, -0.2) is 0 Å². The van der Waals surface area contributed by atoms with Crippen LogP contribution in [0, 0.1) is 36.4 Å². The molecule has 1 aromatic carbocycles. The number of esters is 1. The van der Waals surface area contributed by atoms with Gasteiger partial charge in [0.15, 0.2) is 0 Å². The van der Waals surface area contributed by atoms with Crippen molar-refractivity contribution >= 4 is 15.2 Å². The van der Waals surface area contributed by atoms with Crippen molar-refractivity contribution in [3.8, 4) is 5.75 Å². The molecule has 22 heavy (non-hydrogen) atoms. The molecule has 0 saturated carbocycles. The van der Waals surface area contributed by atoms with Crippen LogP contribution in [-0.4, -0.2) is 36.8 Å². The number of aliphatic carboxylic acids is 1. The summed E-state index contributed by atoms with van der Waals surface area (Å²) in [5.41, 5.74) is 4.69. The van der Waals surface area contributed by atoms with Crippen molar-refractivity contribution in [3.63, 3.8) is 0 Å². The Labute approximate surface area is 140 Å². The summed E-state index contributed by atoms with van der Waals surface area (Å²) in [6.07, 6.45) is -0.550. The molecule has 0 radical (unpaired) electrons. The van der Waals surface area contributed by atoms with E-state index in [1.165, 1.54) is 0 Å². The molecule has 1 atom stereocenters. The summed E-state index contributed by atoms with van der Waals surface area (Å²) >= 11 is 0.875. The molecule has 9 heteroatoms. The molecule has 1 unspecified atom stereocenters. The first-order valence-electron chi connectivity index (χ1n) is 6.14. The molecular formula is C13H14AtF2NO5. The van der Waals surface area contributed by atoms with Gasteiger partial charge in [0.25, 0.3) is 0 Å². The van der Waals surface area contributed by atoms with Gasteiger partial charge in [-0.3, -0.25) is 0 Å². The maximum atomic E-state index is 14.2. The molecule has 0 amide bonds. The Morgan fingerprint density at radius 1 is 1.36 bits per heavy atom. The molecule has 0 spiro atoms. The van der Waals surface area contributed by atoms with Crippen LogP contribution < -0.4 is 13.7 Å². The van der Waals surface area contributed by atoms with Crippen LogP contribution in [0.25, 0.3) is 0 Å². The SMILES string of the molecule is CCOC(=O)c1c([At])c(OC)c(F)c(F)c1CC(N)C(=O)O. The minimum atomic E-state index is -1.48. The van der Waals surface area contributed by atoms with E-state index in [4.69, 9.17) is 20.3 Å². The van der Waals surface area contributed by atoms with Gasteiger partial charge in [0, 0.05) is 0 Å². The third-order valence-electron chi connectivity index (χ3n) is 2.80. The zero-order valence-corrected chi connectivity index (χ0v) is 14.7. The van der Waals surface area contributed by atoms with Gasteiger partial charge in [0.05, 0.1) is 0 Å². The summed E-state index contributed by atoms with van der Waals surface area (Å²) in [7, 11) is 1.14. The van der Waals surface area contributed by atoms with Crippen LogP contribution >= 0.6 is 0 Å². The van der Waals surface area contributed by atoms with Crippen LogP contribution in [0.15, 0.2) is 0 Å². The van der Waals surface area contributed by atoms with Gasteiger partial charge in [-0.1, -0.05) is 0 Å². The molecule has 0 aliphatic carbocycles. The molecule has 1 rings (SSSR count). The zero-order chi connectivity index (χ0) is 17.0. The first-order chi connectivity index (χ1) is 10.3. The van der Waals surface area contributed by atoms with Crippen molar-refractivity contribution in [1.82, 2.24) is 0 Å². The third kappa shape index (κ3) is 3.70. The van der Waals surface area contributed by atoms with E-state index in [0.29, 0.717) is 0 Å². The zero-order valence-electron chi connectivity index (χ0n) is 11.8. The molecule has 1 aromatic rings. The standard InChI is InChI=1S/C13H14AtF2NO5/c1-3-22-13(20)7-5(4-6(17)12(18)19)9(15)10(16)11(21-2)8(7)14/h6H,3-4,17H2,1-2H3,(H,18,19). The Hall–Kier alpha value is -1.34. The molecular weight excluding hydrogens is 498 g/mol. The molecule has 0 aliphatic rings. The fourth-order valence-corrected chi connectivity index (χ4v) is 3.14. The normalized spacial score (nSPS) is 11.9. The average molecular weight is 512 g/mol. The second-order valence-corrected chi connectivity index (χ2v) is 5.67. The molecule has 0 heterocycles. The average Bonchev–Trinajstić information content (AvgIpc) is 2.45. The molecule has 0 fully saturated rings. The number of carbonyl (C=O) groups excluding carboxylic acids is 1. The second-order valence-electron chi connectivity index (χ2n) is 4.20. The molecule has 3 N–H and O–H groups in total. The Kier molecular flexibility index (Phi) is 6.62. The molecule has 0 saturated heterocycles. The van der Waals surface area contributed by atoms with Crippen molar-refractivity contribution in [3.05, 3.63) is 22.8 Å². The van der Waals surface area contributed by atoms with E-state index in [1.807, 2.05) is 0 Å². The number of hydrogen-bond acceptors (Lipinski definition) is 5. The maximum absolute atomic E-state index is 14.2. The summed E-state index contributed by atoms with van der Waals surface area (Å²) in [6.45, 7) is 1.58. The van der Waals surface area contributed by atoms with Gasteiger partial charge < -0.3 is 0 Å². The topological polar surface area (TPSA) is 98.9 Å². The van der Waals surface area contributed by atoms with E-state index in [-0.39, 0.29) is 15.4 Å². The van der Waals surface area contributed by atoms with Gasteiger partial charge in [0.2, 0.25) is 0 Å². The summed E-state index contributed by atoms with van der Waals surface area (Å²) in [6, 6.07) is -1.48. The van der Waals surface area contributed by atoms with Gasteiger partial charge >= 0.3 is 140 Å². The fourth-order valence-electron chi connectivity index (χ4n) is 1.78. The molecule has 0 aliphatic heterocycles. The van der Waals surface area contributed by atoms with E-state index < -0.39 is 47.3 Å². The van der Waals surface area contributed by atoms with Crippen LogP contribution in [0.1, 0.15) is 22.8 Å². The first-order valence-corrected chi connectivity index (χ1v) is 7.61. The molecule has 0 aromatic heterocycles. The van der Waals surface area contributed by atoms with Crippen LogP contribution in [0.4, 0.5) is 8.78 Å². The number of hydrogen-bond donors (Lipinski definition) is 2. The van der Waals surface area contributed by atoms with E-state index >= 15 is 0 Å². The van der Waals surface area contributed by atoms with Crippen LogP contribution in [0.2, 0.25) is 0 Å². The minimum absolute atomic E-state index is 0.0240. The molecule has 6 nitrogen and oxygen atoms in total. The fraction of sp³-hybridized carbons (Fsp3) is 0.385. The predicted molar refractivity (Wildman–Crippen MR) is 67.8 cm³/mol. The summed E-state index contributed by atoms with van der Waals surface area (Å²) in [4.78, 5) is 22.9. The number of benzene rings is 1. The van der Waals surface area contributed by atoms with E-state index in [0.717, 1.165) is 31.8 Å². The second kappa shape index (κ2) is 7.78. The number of nitrogens with two attached hydrogens (primary N) is 1. The van der Waals surface area contributed by atoms with Crippen LogP contribution in [0.5, 0.6) is 5.75 Å². The monoisotopic (exact) mass is 512 g/mol. The predicted octanol–water partition coefficient (Wildman–Crippen LogP) is 0.279. The first kappa shape index (κ1) is 18.7. The Balaban J connectivity index is 3.57. The van der Waals surface area contributed by atoms with Gasteiger partial charge in [-0.2, -0.15) is 0 Å². The quantitative estimate of drug-likeness (QED) is 0.532. The van der Waals surface area contributed by atoms with Crippen molar-refractivity contribution in [2.45, 2.75) is 19.4 Å². The van der Waals surface area contributed by atoms with E-state index in [1.54, 1.807) is 6.92 Å². The van der Waals surface area contributed by atoms with Crippen LogP contribution in [0.3, 0.4) is 0 Å². The van der Waals surface area contributed by atoms with Crippen molar-refractivity contribution in [2.24, 2.45) is 5.73 Å². The van der Waals surface area contributed by atoms with Gasteiger partial charge in [-0.05, 0) is 0 Å². The van der Waals surface area contributed by atoms with Crippen molar-refractivity contribution in [1.29, 1.82) is 0 Å². The number of methoxy groups -OCH3 is 1. The number of ether oxygens (including phenoxy) is 2. The van der Waals surface area contributed by atoms with Crippen LogP contribution in [-0.2, 0) is 16.0 Å². The van der Waals surface area contributed by atoms with E-state index in [9.17, 15) is 18.4 Å². The number of carboxylic acid groups (broad SMARTS) is 1. The third-order valence-corrected chi connectivity index (χ3v) is 4.20. The number of rotatable bonds is 6. The number of halogens is 2.